The molecule has 0 atom stereocenters. The Morgan fingerprint density at radius 3 is 2.62 bits per heavy atom. The summed E-state index contributed by atoms with van der Waals surface area (Å²) in [6, 6.07) is 0.0763. The van der Waals surface area contributed by atoms with Crippen LogP contribution in [0.3, 0.4) is 0 Å². The Kier molecular flexibility index (Phi) is 2.15. The number of carbonyl (C=O) groups excluding carboxylic acids is 1. The van der Waals surface area contributed by atoms with Crippen molar-refractivity contribution in [3.63, 3.8) is 0 Å². The highest BCUT2D eigenvalue weighted by Crippen LogP contribution is 2.35. The monoisotopic (exact) mass is 183 g/mol. The van der Waals surface area contributed by atoms with Crippen molar-refractivity contribution in [1.82, 2.24) is 10.2 Å². The molecular formula is C9H17N3O. The molecule has 1 saturated carbocycles. The minimum atomic E-state index is -0.0133. The van der Waals surface area contributed by atoms with Gasteiger partial charge in [-0.3, -0.25) is 0 Å². The zero-order valence-electron chi connectivity index (χ0n) is 7.88. The standard InChI is InChI=1S/C9H17N3O/c10-7-9(3-1-2-4-9)12-6-5-11-8(12)13/h1-7,10H2,(H,11,13). The van der Waals surface area contributed by atoms with E-state index >= 15 is 0 Å². The summed E-state index contributed by atoms with van der Waals surface area (Å²) in [4.78, 5) is 13.4. The first-order chi connectivity index (χ1) is 6.28. The average molecular weight is 183 g/mol. The lowest BCUT2D eigenvalue weighted by Crippen LogP contribution is -2.53. The lowest BCUT2D eigenvalue weighted by molar-refractivity contribution is 0.144. The van der Waals surface area contributed by atoms with Gasteiger partial charge in [0.15, 0.2) is 0 Å². The van der Waals surface area contributed by atoms with Crippen molar-refractivity contribution in [2.75, 3.05) is 19.6 Å². The molecular weight excluding hydrogens is 166 g/mol. The van der Waals surface area contributed by atoms with Crippen LogP contribution >= 0.6 is 0 Å². The predicted octanol–water partition coefficient (Wildman–Crippen LogP) is 0.283. The molecule has 0 aromatic carbocycles. The first-order valence-corrected chi connectivity index (χ1v) is 5.04. The van der Waals surface area contributed by atoms with Crippen molar-refractivity contribution < 1.29 is 4.79 Å². The number of hydrogen-bond acceptors (Lipinski definition) is 2. The van der Waals surface area contributed by atoms with E-state index < -0.39 is 0 Å². The summed E-state index contributed by atoms with van der Waals surface area (Å²) in [6.45, 7) is 2.22. The molecule has 1 saturated heterocycles. The Balaban J connectivity index is 2.15. The molecule has 0 aromatic rings. The van der Waals surface area contributed by atoms with E-state index in [2.05, 4.69) is 5.32 Å². The summed E-state index contributed by atoms with van der Waals surface area (Å²) in [5.41, 5.74) is 5.78. The third-order valence-corrected chi connectivity index (χ3v) is 3.34. The van der Waals surface area contributed by atoms with Crippen LogP contribution in [0.4, 0.5) is 4.79 Å². The maximum atomic E-state index is 11.5. The minimum Gasteiger partial charge on any atom is -0.336 e. The molecule has 2 rings (SSSR count). The first kappa shape index (κ1) is 8.81. The molecule has 1 heterocycles. The second kappa shape index (κ2) is 3.18. The Bertz CT molecular complexity index is 211. The van der Waals surface area contributed by atoms with Gasteiger partial charge in [-0.05, 0) is 12.8 Å². The van der Waals surface area contributed by atoms with Gasteiger partial charge in [-0.2, -0.15) is 0 Å². The second-order valence-electron chi connectivity index (χ2n) is 4.02. The summed E-state index contributed by atoms with van der Waals surface area (Å²) in [5, 5.41) is 2.84. The molecule has 1 aliphatic carbocycles. The van der Waals surface area contributed by atoms with Crippen molar-refractivity contribution in [1.29, 1.82) is 0 Å². The molecule has 74 valence electrons. The van der Waals surface area contributed by atoms with Gasteiger partial charge in [0.1, 0.15) is 0 Å². The quantitative estimate of drug-likeness (QED) is 0.646. The van der Waals surface area contributed by atoms with E-state index in [-0.39, 0.29) is 11.6 Å². The molecule has 4 heteroatoms. The van der Waals surface area contributed by atoms with Crippen LogP contribution in [0.15, 0.2) is 0 Å². The SMILES string of the molecule is NCC1(N2CCNC2=O)CCCC1. The minimum absolute atomic E-state index is 0.0133. The van der Waals surface area contributed by atoms with Crippen molar-refractivity contribution in [3.05, 3.63) is 0 Å². The first-order valence-electron chi connectivity index (χ1n) is 5.04. The zero-order valence-corrected chi connectivity index (χ0v) is 7.88. The van der Waals surface area contributed by atoms with Crippen LogP contribution < -0.4 is 11.1 Å². The molecule has 0 radical (unpaired) electrons. The van der Waals surface area contributed by atoms with Crippen LogP contribution in [0, 0.1) is 0 Å². The van der Waals surface area contributed by atoms with Crippen LogP contribution in [0.2, 0.25) is 0 Å². The van der Waals surface area contributed by atoms with Crippen LogP contribution in [-0.2, 0) is 0 Å². The molecule has 0 bridgehead atoms. The van der Waals surface area contributed by atoms with Crippen LogP contribution in [0.1, 0.15) is 25.7 Å². The van der Waals surface area contributed by atoms with Crippen LogP contribution in [0.25, 0.3) is 0 Å². The number of nitrogens with one attached hydrogen (secondary N) is 1. The number of nitrogens with zero attached hydrogens (tertiary/aromatic N) is 1. The van der Waals surface area contributed by atoms with E-state index in [1.165, 1.54) is 12.8 Å². The summed E-state index contributed by atoms with van der Waals surface area (Å²) >= 11 is 0. The fraction of sp³-hybridized carbons (Fsp3) is 0.889. The normalized spacial score (nSPS) is 26.5. The summed E-state index contributed by atoms with van der Waals surface area (Å²) in [7, 11) is 0. The molecule has 2 fully saturated rings. The van der Waals surface area contributed by atoms with Gasteiger partial charge in [0, 0.05) is 19.6 Å². The van der Waals surface area contributed by atoms with E-state index in [1.54, 1.807) is 0 Å². The number of urea groups is 1. The highest BCUT2D eigenvalue weighted by Gasteiger charge is 2.42. The van der Waals surface area contributed by atoms with Gasteiger partial charge < -0.3 is 16.0 Å². The summed E-state index contributed by atoms with van der Waals surface area (Å²) in [5.74, 6) is 0. The Labute approximate surface area is 78.5 Å². The smallest absolute Gasteiger partial charge is 0.318 e. The molecule has 0 unspecified atom stereocenters. The molecule has 0 aromatic heterocycles. The van der Waals surface area contributed by atoms with Crippen molar-refractivity contribution in [2.24, 2.45) is 5.73 Å². The van der Waals surface area contributed by atoms with E-state index in [9.17, 15) is 4.79 Å². The third-order valence-electron chi connectivity index (χ3n) is 3.34. The molecule has 4 nitrogen and oxygen atoms in total. The van der Waals surface area contributed by atoms with Gasteiger partial charge in [0.2, 0.25) is 0 Å². The van der Waals surface area contributed by atoms with E-state index in [4.69, 9.17) is 5.73 Å². The molecule has 2 aliphatic rings. The van der Waals surface area contributed by atoms with E-state index in [1.807, 2.05) is 4.90 Å². The average Bonchev–Trinajstić information content (AvgIpc) is 2.73. The van der Waals surface area contributed by atoms with Crippen LogP contribution in [-0.4, -0.2) is 36.1 Å². The van der Waals surface area contributed by atoms with Crippen molar-refractivity contribution in [2.45, 2.75) is 31.2 Å². The molecule has 3 N–H and O–H groups in total. The largest absolute Gasteiger partial charge is 0.336 e. The van der Waals surface area contributed by atoms with E-state index in [0.717, 1.165) is 25.9 Å². The Morgan fingerprint density at radius 1 is 1.46 bits per heavy atom. The molecule has 13 heavy (non-hydrogen) atoms. The van der Waals surface area contributed by atoms with Crippen molar-refractivity contribution in [3.8, 4) is 0 Å². The molecule has 1 aliphatic heterocycles. The maximum absolute atomic E-state index is 11.5. The maximum Gasteiger partial charge on any atom is 0.318 e. The number of amides is 2. The summed E-state index contributed by atoms with van der Waals surface area (Å²) < 4.78 is 0. The van der Waals surface area contributed by atoms with Crippen LogP contribution in [0.5, 0.6) is 0 Å². The number of hydrogen-bond donors (Lipinski definition) is 2. The van der Waals surface area contributed by atoms with Gasteiger partial charge in [0.05, 0.1) is 5.54 Å². The van der Waals surface area contributed by atoms with Gasteiger partial charge >= 0.3 is 6.03 Å². The highest BCUT2D eigenvalue weighted by atomic mass is 16.2. The fourth-order valence-electron chi connectivity index (χ4n) is 2.54. The van der Waals surface area contributed by atoms with Gasteiger partial charge in [-0.25, -0.2) is 4.79 Å². The van der Waals surface area contributed by atoms with Crippen molar-refractivity contribution >= 4 is 6.03 Å². The second-order valence-corrected chi connectivity index (χ2v) is 4.02. The number of rotatable bonds is 2. The van der Waals surface area contributed by atoms with Gasteiger partial charge in [-0.15, -0.1) is 0 Å². The lowest BCUT2D eigenvalue weighted by Gasteiger charge is -2.36. The Morgan fingerprint density at radius 2 is 2.15 bits per heavy atom. The Hall–Kier alpha value is -0.770. The van der Waals surface area contributed by atoms with Gasteiger partial charge in [-0.1, -0.05) is 12.8 Å². The van der Waals surface area contributed by atoms with Gasteiger partial charge in [0.25, 0.3) is 0 Å². The molecule has 2 amide bonds. The lowest BCUT2D eigenvalue weighted by atomic mass is 9.96. The summed E-state index contributed by atoms with van der Waals surface area (Å²) in [6.07, 6.45) is 4.58. The highest BCUT2D eigenvalue weighted by molar-refractivity contribution is 5.77. The third kappa shape index (κ3) is 1.29. The fourth-order valence-corrected chi connectivity index (χ4v) is 2.54. The molecule has 0 spiro atoms. The zero-order chi connectivity index (χ0) is 9.31. The number of nitrogens with two attached hydrogens (primary N) is 1. The number of carbonyl (C=O) groups is 1. The van der Waals surface area contributed by atoms with E-state index in [0.29, 0.717) is 6.54 Å². The topological polar surface area (TPSA) is 58.4 Å². The predicted molar refractivity (Wildman–Crippen MR) is 50.4 cm³/mol.